The zero-order valence-electron chi connectivity index (χ0n) is 11.7. The van der Waals surface area contributed by atoms with Gasteiger partial charge in [0.2, 0.25) is 0 Å². The summed E-state index contributed by atoms with van der Waals surface area (Å²) in [5.41, 5.74) is -0.610. The van der Waals surface area contributed by atoms with Gasteiger partial charge in [0.15, 0.2) is 0 Å². The van der Waals surface area contributed by atoms with Gasteiger partial charge in [0.05, 0.1) is 6.61 Å². The van der Waals surface area contributed by atoms with Crippen LogP contribution in [-0.4, -0.2) is 48.7 Å². The third kappa shape index (κ3) is 4.28. The van der Waals surface area contributed by atoms with Crippen LogP contribution in [0.3, 0.4) is 0 Å². The third-order valence-corrected chi connectivity index (χ3v) is 3.07. The third-order valence-electron chi connectivity index (χ3n) is 3.07. The molecule has 1 aliphatic rings. The number of ether oxygens (including phenoxy) is 1. The minimum atomic E-state index is -0.610. The van der Waals surface area contributed by atoms with Crippen molar-refractivity contribution in [1.29, 1.82) is 0 Å². The number of hydrogen-bond donors (Lipinski definition) is 1. The highest BCUT2D eigenvalue weighted by Crippen LogP contribution is 2.27. The molecule has 1 aliphatic carbocycles. The molecule has 0 heterocycles. The van der Waals surface area contributed by atoms with Crippen LogP contribution in [0.4, 0.5) is 0 Å². The second kappa shape index (κ2) is 5.83. The smallest absolute Gasteiger partial charge is 0.327 e. The molecule has 17 heavy (non-hydrogen) atoms. The van der Waals surface area contributed by atoms with E-state index in [-0.39, 0.29) is 12.0 Å². The molecule has 0 aliphatic heterocycles. The summed E-state index contributed by atoms with van der Waals surface area (Å²) in [5, 5.41) is 3.34. The van der Waals surface area contributed by atoms with Crippen LogP contribution in [0.25, 0.3) is 0 Å². The molecule has 4 heteroatoms. The summed E-state index contributed by atoms with van der Waals surface area (Å²) in [5.74, 6) is -0.152. The first kappa shape index (κ1) is 14.5. The van der Waals surface area contributed by atoms with Crippen LogP contribution >= 0.6 is 0 Å². The molecule has 100 valence electrons. The van der Waals surface area contributed by atoms with Crippen LogP contribution in [0.5, 0.6) is 0 Å². The maximum absolute atomic E-state index is 12.1. The van der Waals surface area contributed by atoms with Crippen molar-refractivity contribution in [3.8, 4) is 0 Å². The molecule has 0 bridgehead atoms. The van der Waals surface area contributed by atoms with Crippen LogP contribution < -0.4 is 5.32 Å². The standard InChI is InChI=1S/C13H26N2O2/c1-6-17-12(16)13(4,14-10(2)3)9-15(5)11-7-8-11/h10-11,14H,6-9H2,1-5H3. The first-order chi connectivity index (χ1) is 7.89. The number of carbonyl (C=O) groups is 1. The quantitative estimate of drug-likeness (QED) is 0.685. The minimum absolute atomic E-state index is 0.152. The largest absolute Gasteiger partial charge is 0.465 e. The Morgan fingerprint density at radius 1 is 1.53 bits per heavy atom. The minimum Gasteiger partial charge on any atom is -0.465 e. The van der Waals surface area contributed by atoms with Gasteiger partial charge in [0.25, 0.3) is 0 Å². The molecular formula is C13H26N2O2. The Hall–Kier alpha value is -0.610. The van der Waals surface area contributed by atoms with Crippen molar-refractivity contribution in [2.24, 2.45) is 0 Å². The molecular weight excluding hydrogens is 216 g/mol. The van der Waals surface area contributed by atoms with E-state index in [1.54, 1.807) is 0 Å². The van der Waals surface area contributed by atoms with Crippen molar-refractivity contribution < 1.29 is 9.53 Å². The van der Waals surface area contributed by atoms with E-state index in [2.05, 4.69) is 31.1 Å². The van der Waals surface area contributed by atoms with E-state index in [0.717, 1.165) is 0 Å². The Morgan fingerprint density at radius 2 is 2.12 bits per heavy atom. The Kier molecular flexibility index (Phi) is 4.95. The molecule has 0 saturated heterocycles. The lowest BCUT2D eigenvalue weighted by Crippen LogP contribution is -2.59. The average Bonchev–Trinajstić information content (AvgIpc) is 2.99. The van der Waals surface area contributed by atoms with Gasteiger partial charge in [-0.05, 0) is 47.6 Å². The van der Waals surface area contributed by atoms with Crippen molar-refractivity contribution in [1.82, 2.24) is 10.2 Å². The summed E-state index contributed by atoms with van der Waals surface area (Å²) in [4.78, 5) is 14.3. The van der Waals surface area contributed by atoms with E-state index in [0.29, 0.717) is 19.2 Å². The summed E-state index contributed by atoms with van der Waals surface area (Å²) in [7, 11) is 2.08. The zero-order chi connectivity index (χ0) is 13.1. The van der Waals surface area contributed by atoms with Crippen molar-refractivity contribution in [2.45, 2.75) is 58.2 Å². The SMILES string of the molecule is CCOC(=O)C(C)(CN(C)C1CC1)NC(C)C. The lowest BCUT2D eigenvalue weighted by atomic mass is 10.0. The number of nitrogens with zero attached hydrogens (tertiary/aromatic N) is 1. The highest BCUT2D eigenvalue weighted by atomic mass is 16.5. The van der Waals surface area contributed by atoms with Gasteiger partial charge in [-0.15, -0.1) is 0 Å². The predicted octanol–water partition coefficient (Wildman–Crippen LogP) is 1.40. The van der Waals surface area contributed by atoms with Gasteiger partial charge in [-0.2, -0.15) is 0 Å². The summed E-state index contributed by atoms with van der Waals surface area (Å²) < 4.78 is 5.18. The van der Waals surface area contributed by atoms with Gasteiger partial charge in [-0.1, -0.05) is 0 Å². The topological polar surface area (TPSA) is 41.6 Å². The predicted molar refractivity (Wildman–Crippen MR) is 69.0 cm³/mol. The van der Waals surface area contributed by atoms with Crippen LogP contribution in [0, 0.1) is 0 Å². The first-order valence-electron chi connectivity index (χ1n) is 6.54. The Balaban J connectivity index is 2.65. The number of carbonyl (C=O) groups excluding carboxylic acids is 1. The van der Waals surface area contributed by atoms with Crippen LogP contribution in [0.1, 0.15) is 40.5 Å². The maximum atomic E-state index is 12.1. The van der Waals surface area contributed by atoms with E-state index >= 15 is 0 Å². The second-order valence-electron chi connectivity index (χ2n) is 5.50. The fourth-order valence-electron chi connectivity index (χ4n) is 2.24. The normalized spacial score (nSPS) is 19.5. The number of rotatable bonds is 7. The summed E-state index contributed by atoms with van der Waals surface area (Å²) in [6, 6.07) is 0.912. The fourth-order valence-corrected chi connectivity index (χ4v) is 2.24. The van der Waals surface area contributed by atoms with Crippen molar-refractivity contribution in [3.63, 3.8) is 0 Å². The molecule has 1 rings (SSSR count). The van der Waals surface area contributed by atoms with Crippen LogP contribution in [0.15, 0.2) is 0 Å². The van der Waals surface area contributed by atoms with Gasteiger partial charge in [0.1, 0.15) is 5.54 Å². The van der Waals surface area contributed by atoms with Crippen LogP contribution in [-0.2, 0) is 9.53 Å². The Morgan fingerprint density at radius 3 is 2.53 bits per heavy atom. The van der Waals surface area contributed by atoms with Gasteiger partial charge in [-0.25, -0.2) is 0 Å². The molecule has 0 aromatic carbocycles. The summed E-state index contributed by atoms with van der Waals surface area (Å²) >= 11 is 0. The first-order valence-corrected chi connectivity index (χ1v) is 6.54. The molecule has 0 spiro atoms. The lowest BCUT2D eigenvalue weighted by Gasteiger charge is -2.34. The summed E-state index contributed by atoms with van der Waals surface area (Å²) in [6.45, 7) is 9.02. The van der Waals surface area contributed by atoms with Crippen molar-refractivity contribution in [2.75, 3.05) is 20.2 Å². The average molecular weight is 242 g/mol. The molecule has 1 fully saturated rings. The van der Waals surface area contributed by atoms with Crippen molar-refractivity contribution in [3.05, 3.63) is 0 Å². The zero-order valence-corrected chi connectivity index (χ0v) is 11.7. The molecule has 1 unspecified atom stereocenters. The number of hydrogen-bond acceptors (Lipinski definition) is 4. The van der Waals surface area contributed by atoms with E-state index in [4.69, 9.17) is 4.74 Å². The van der Waals surface area contributed by atoms with Gasteiger partial charge in [0, 0.05) is 18.6 Å². The van der Waals surface area contributed by atoms with Gasteiger partial charge in [-0.3, -0.25) is 10.1 Å². The summed E-state index contributed by atoms with van der Waals surface area (Å²) in [6.07, 6.45) is 2.49. The monoisotopic (exact) mass is 242 g/mol. The fraction of sp³-hybridized carbons (Fsp3) is 0.923. The Labute approximate surface area is 105 Å². The molecule has 1 N–H and O–H groups in total. The van der Waals surface area contributed by atoms with Gasteiger partial charge < -0.3 is 9.64 Å². The van der Waals surface area contributed by atoms with Crippen LogP contribution in [0.2, 0.25) is 0 Å². The molecule has 1 atom stereocenters. The highest BCUT2D eigenvalue weighted by Gasteiger charge is 2.39. The lowest BCUT2D eigenvalue weighted by molar-refractivity contribution is -0.151. The van der Waals surface area contributed by atoms with E-state index in [9.17, 15) is 4.79 Å². The van der Waals surface area contributed by atoms with E-state index in [1.807, 2.05) is 13.8 Å². The number of esters is 1. The molecule has 0 aromatic heterocycles. The van der Waals surface area contributed by atoms with E-state index in [1.165, 1.54) is 12.8 Å². The Bertz CT molecular complexity index is 264. The molecule has 0 aromatic rings. The maximum Gasteiger partial charge on any atom is 0.327 e. The van der Waals surface area contributed by atoms with Gasteiger partial charge >= 0.3 is 5.97 Å². The van der Waals surface area contributed by atoms with Crippen molar-refractivity contribution >= 4 is 5.97 Å². The molecule has 4 nitrogen and oxygen atoms in total. The van der Waals surface area contributed by atoms with E-state index < -0.39 is 5.54 Å². The molecule has 0 radical (unpaired) electrons. The molecule has 1 saturated carbocycles. The number of likely N-dealkylation sites (N-methyl/N-ethyl adjacent to an activating group) is 1. The second-order valence-corrected chi connectivity index (χ2v) is 5.50. The molecule has 0 amide bonds. The number of nitrogens with one attached hydrogen (secondary N) is 1. The highest BCUT2D eigenvalue weighted by molar-refractivity contribution is 5.80.